The summed E-state index contributed by atoms with van der Waals surface area (Å²) < 4.78 is 4.89. The Bertz CT molecular complexity index is 225. The van der Waals surface area contributed by atoms with E-state index in [4.69, 9.17) is 16.3 Å². The van der Waals surface area contributed by atoms with Crippen molar-refractivity contribution in [3.63, 3.8) is 0 Å². The van der Waals surface area contributed by atoms with Gasteiger partial charge in [0, 0.05) is 32.1 Å². The van der Waals surface area contributed by atoms with Gasteiger partial charge in [0.1, 0.15) is 0 Å². The highest BCUT2D eigenvalue weighted by atomic mass is 35.5. The lowest BCUT2D eigenvalue weighted by Gasteiger charge is -2.00. The molecule has 3 nitrogen and oxygen atoms in total. The average Bonchev–Trinajstić information content (AvgIpc) is 2.45. The summed E-state index contributed by atoms with van der Waals surface area (Å²) in [5.74, 6) is 0. The highest BCUT2D eigenvalue weighted by molar-refractivity contribution is 6.30. The van der Waals surface area contributed by atoms with Crippen LogP contribution in [0, 0.1) is 0 Å². The van der Waals surface area contributed by atoms with Crippen molar-refractivity contribution in [3.05, 3.63) is 23.0 Å². The number of ether oxygens (including phenoxy) is 1. The van der Waals surface area contributed by atoms with Crippen LogP contribution in [0.3, 0.4) is 0 Å². The summed E-state index contributed by atoms with van der Waals surface area (Å²) in [6, 6.07) is 1.90. The van der Waals surface area contributed by atoms with Gasteiger partial charge in [-0.25, -0.2) is 0 Å². The van der Waals surface area contributed by atoms with Crippen LogP contribution in [-0.2, 0) is 11.3 Å². The summed E-state index contributed by atoms with van der Waals surface area (Å²) in [4.78, 5) is 3.05. The summed E-state index contributed by atoms with van der Waals surface area (Å²) >= 11 is 5.72. The lowest BCUT2D eigenvalue weighted by Crippen LogP contribution is -2.18. The molecular weight excluding hydrogens is 176 g/mol. The number of aromatic nitrogens is 1. The zero-order chi connectivity index (χ0) is 8.81. The van der Waals surface area contributed by atoms with Gasteiger partial charge in [0.15, 0.2) is 0 Å². The molecule has 0 bridgehead atoms. The molecule has 1 rings (SSSR count). The number of H-pyrrole nitrogens is 1. The quantitative estimate of drug-likeness (QED) is 0.686. The second kappa shape index (κ2) is 5.19. The van der Waals surface area contributed by atoms with E-state index in [1.165, 1.54) is 0 Å². The van der Waals surface area contributed by atoms with E-state index in [1.54, 1.807) is 13.3 Å². The Morgan fingerprint density at radius 2 is 2.50 bits per heavy atom. The summed E-state index contributed by atoms with van der Waals surface area (Å²) in [6.45, 7) is 2.39. The molecule has 0 aliphatic heterocycles. The Balaban J connectivity index is 2.15. The molecule has 0 aliphatic carbocycles. The number of hydrogen-bond donors (Lipinski definition) is 2. The van der Waals surface area contributed by atoms with Crippen molar-refractivity contribution in [2.45, 2.75) is 6.54 Å². The Hall–Kier alpha value is -0.510. The first-order valence-electron chi connectivity index (χ1n) is 3.85. The minimum Gasteiger partial charge on any atom is -0.383 e. The van der Waals surface area contributed by atoms with Gasteiger partial charge in [-0.05, 0) is 6.07 Å². The second-order valence-corrected chi connectivity index (χ2v) is 2.95. The first kappa shape index (κ1) is 9.58. The van der Waals surface area contributed by atoms with Crippen LogP contribution in [0.15, 0.2) is 12.3 Å². The van der Waals surface area contributed by atoms with Crippen LogP contribution in [0.4, 0.5) is 0 Å². The van der Waals surface area contributed by atoms with Gasteiger partial charge in [0.25, 0.3) is 0 Å². The molecule has 0 unspecified atom stereocenters. The fraction of sp³-hybridized carbons (Fsp3) is 0.500. The summed E-state index contributed by atoms with van der Waals surface area (Å²) in [6.07, 6.45) is 1.77. The maximum Gasteiger partial charge on any atom is 0.0587 e. The first-order valence-corrected chi connectivity index (χ1v) is 4.23. The van der Waals surface area contributed by atoms with Gasteiger partial charge in [-0.3, -0.25) is 0 Å². The predicted octanol–water partition coefficient (Wildman–Crippen LogP) is 1.40. The smallest absolute Gasteiger partial charge is 0.0587 e. The summed E-state index contributed by atoms with van der Waals surface area (Å²) in [5.41, 5.74) is 1.09. The molecule has 0 atom stereocenters. The molecule has 12 heavy (non-hydrogen) atoms. The third-order valence-corrected chi connectivity index (χ3v) is 1.72. The van der Waals surface area contributed by atoms with Crippen LogP contribution < -0.4 is 5.32 Å². The van der Waals surface area contributed by atoms with E-state index in [1.807, 2.05) is 6.07 Å². The Morgan fingerprint density at radius 3 is 3.08 bits per heavy atom. The van der Waals surface area contributed by atoms with E-state index in [0.29, 0.717) is 0 Å². The Morgan fingerprint density at radius 1 is 1.67 bits per heavy atom. The first-order chi connectivity index (χ1) is 5.83. The second-order valence-electron chi connectivity index (χ2n) is 2.51. The average molecular weight is 189 g/mol. The minimum absolute atomic E-state index is 0.731. The SMILES string of the molecule is COCCNCc1cc(Cl)c[nH]1. The highest BCUT2D eigenvalue weighted by Gasteiger charge is 1.94. The van der Waals surface area contributed by atoms with Crippen molar-refractivity contribution in [1.82, 2.24) is 10.3 Å². The third kappa shape index (κ3) is 3.26. The summed E-state index contributed by atoms with van der Waals surface area (Å²) in [7, 11) is 1.69. The van der Waals surface area contributed by atoms with E-state index in [0.717, 1.165) is 30.4 Å². The molecule has 0 aliphatic rings. The molecule has 0 saturated carbocycles. The van der Waals surface area contributed by atoms with Gasteiger partial charge in [0.2, 0.25) is 0 Å². The zero-order valence-corrected chi connectivity index (χ0v) is 7.82. The van der Waals surface area contributed by atoms with Gasteiger partial charge < -0.3 is 15.0 Å². The maximum absolute atomic E-state index is 5.72. The topological polar surface area (TPSA) is 37.0 Å². The molecule has 68 valence electrons. The van der Waals surface area contributed by atoms with Gasteiger partial charge in [-0.2, -0.15) is 0 Å². The van der Waals surface area contributed by atoms with Crippen LogP contribution in [-0.4, -0.2) is 25.2 Å². The number of rotatable bonds is 5. The van der Waals surface area contributed by atoms with Gasteiger partial charge >= 0.3 is 0 Å². The van der Waals surface area contributed by atoms with Crippen LogP contribution in [0.25, 0.3) is 0 Å². The van der Waals surface area contributed by atoms with E-state index < -0.39 is 0 Å². The molecule has 1 aromatic heterocycles. The van der Waals surface area contributed by atoms with Gasteiger partial charge in [-0.1, -0.05) is 11.6 Å². The largest absolute Gasteiger partial charge is 0.383 e. The Labute approximate surface area is 77.1 Å². The van der Waals surface area contributed by atoms with Crippen LogP contribution in [0.1, 0.15) is 5.69 Å². The molecule has 1 aromatic rings. The fourth-order valence-corrected chi connectivity index (χ4v) is 1.10. The number of nitrogens with one attached hydrogen (secondary N) is 2. The molecule has 0 aromatic carbocycles. The van der Waals surface area contributed by atoms with Crippen molar-refractivity contribution in [2.75, 3.05) is 20.3 Å². The van der Waals surface area contributed by atoms with Crippen LogP contribution >= 0.6 is 11.6 Å². The fourth-order valence-electron chi connectivity index (χ4n) is 0.911. The molecule has 2 N–H and O–H groups in total. The lowest BCUT2D eigenvalue weighted by atomic mass is 10.4. The number of aromatic amines is 1. The van der Waals surface area contributed by atoms with Crippen molar-refractivity contribution in [1.29, 1.82) is 0 Å². The van der Waals surface area contributed by atoms with Crippen molar-refractivity contribution >= 4 is 11.6 Å². The molecule has 0 saturated heterocycles. The number of hydrogen-bond acceptors (Lipinski definition) is 2. The van der Waals surface area contributed by atoms with E-state index >= 15 is 0 Å². The molecule has 0 amide bonds. The van der Waals surface area contributed by atoms with Gasteiger partial charge in [-0.15, -0.1) is 0 Å². The standard InChI is InChI=1S/C8H13ClN2O/c1-12-3-2-10-6-8-4-7(9)5-11-8/h4-5,10-11H,2-3,6H2,1H3. The number of methoxy groups -OCH3 is 1. The normalized spacial score (nSPS) is 10.5. The molecule has 0 spiro atoms. The number of halogens is 1. The van der Waals surface area contributed by atoms with E-state index in [9.17, 15) is 0 Å². The molecular formula is C8H13ClN2O. The van der Waals surface area contributed by atoms with E-state index in [-0.39, 0.29) is 0 Å². The van der Waals surface area contributed by atoms with Crippen molar-refractivity contribution < 1.29 is 4.74 Å². The van der Waals surface area contributed by atoms with E-state index in [2.05, 4.69) is 10.3 Å². The van der Waals surface area contributed by atoms with Crippen LogP contribution in [0.5, 0.6) is 0 Å². The maximum atomic E-state index is 5.72. The monoisotopic (exact) mass is 188 g/mol. The predicted molar refractivity (Wildman–Crippen MR) is 49.4 cm³/mol. The lowest BCUT2D eigenvalue weighted by molar-refractivity contribution is 0.199. The Kier molecular flexibility index (Phi) is 4.14. The summed E-state index contributed by atoms with van der Waals surface area (Å²) in [5, 5.41) is 3.95. The zero-order valence-electron chi connectivity index (χ0n) is 7.06. The van der Waals surface area contributed by atoms with Crippen LogP contribution in [0.2, 0.25) is 5.02 Å². The third-order valence-electron chi connectivity index (χ3n) is 1.51. The molecule has 1 heterocycles. The van der Waals surface area contributed by atoms with Crippen molar-refractivity contribution in [3.8, 4) is 0 Å². The molecule has 0 fully saturated rings. The highest BCUT2D eigenvalue weighted by Crippen LogP contribution is 2.08. The van der Waals surface area contributed by atoms with Crippen molar-refractivity contribution in [2.24, 2.45) is 0 Å². The molecule has 4 heteroatoms. The van der Waals surface area contributed by atoms with Gasteiger partial charge in [0.05, 0.1) is 11.6 Å². The minimum atomic E-state index is 0.731. The molecule has 0 radical (unpaired) electrons.